The predicted octanol–water partition coefficient (Wildman–Crippen LogP) is 1.45. The quantitative estimate of drug-likeness (QED) is 0.850. The molecule has 112 valence electrons. The highest BCUT2D eigenvalue weighted by Crippen LogP contribution is 2.22. The highest BCUT2D eigenvalue weighted by molar-refractivity contribution is 5.47. The number of pyridine rings is 1. The van der Waals surface area contributed by atoms with Gasteiger partial charge in [-0.1, -0.05) is 0 Å². The van der Waals surface area contributed by atoms with Gasteiger partial charge in [-0.3, -0.25) is 4.90 Å². The van der Waals surface area contributed by atoms with E-state index in [9.17, 15) is 0 Å². The fourth-order valence-corrected chi connectivity index (χ4v) is 2.74. The maximum Gasteiger partial charge on any atom is 0.142 e. The Labute approximate surface area is 130 Å². The van der Waals surface area contributed by atoms with Crippen LogP contribution in [0, 0.1) is 11.3 Å². The zero-order chi connectivity index (χ0) is 15.4. The standard InChI is InChI=1S/C16H18N6/c1-21(12-16-18-6-2-7-19-16)15-5-8-22(11-15)14-4-3-13(9-17)20-10-14/h2-4,6-7,10,15H,5,8,11-12H2,1H3/t15-/m1/s1. The fourth-order valence-electron chi connectivity index (χ4n) is 2.74. The van der Waals surface area contributed by atoms with Gasteiger partial charge in [0.15, 0.2) is 0 Å². The third-order valence-corrected chi connectivity index (χ3v) is 4.02. The molecule has 0 unspecified atom stereocenters. The zero-order valence-corrected chi connectivity index (χ0v) is 12.6. The van der Waals surface area contributed by atoms with Crippen LogP contribution >= 0.6 is 0 Å². The van der Waals surface area contributed by atoms with Crippen LogP contribution in [0.25, 0.3) is 0 Å². The topological polar surface area (TPSA) is 68.9 Å². The lowest BCUT2D eigenvalue weighted by atomic mass is 10.2. The Morgan fingerprint density at radius 2 is 2.14 bits per heavy atom. The van der Waals surface area contributed by atoms with E-state index in [1.165, 1.54) is 0 Å². The second-order valence-electron chi connectivity index (χ2n) is 5.48. The third kappa shape index (κ3) is 3.21. The van der Waals surface area contributed by atoms with Crippen molar-refractivity contribution >= 4 is 5.69 Å². The minimum Gasteiger partial charge on any atom is -0.369 e. The molecule has 0 aliphatic carbocycles. The lowest BCUT2D eigenvalue weighted by Gasteiger charge is -2.24. The minimum atomic E-state index is 0.456. The first-order valence-corrected chi connectivity index (χ1v) is 7.33. The Morgan fingerprint density at radius 3 is 2.82 bits per heavy atom. The van der Waals surface area contributed by atoms with Gasteiger partial charge in [-0.25, -0.2) is 15.0 Å². The molecule has 0 bridgehead atoms. The molecule has 1 aliphatic rings. The maximum absolute atomic E-state index is 8.80. The van der Waals surface area contributed by atoms with Gasteiger partial charge in [0.2, 0.25) is 0 Å². The number of likely N-dealkylation sites (N-methyl/N-ethyl adjacent to an activating group) is 1. The molecule has 1 aliphatic heterocycles. The maximum atomic E-state index is 8.80. The monoisotopic (exact) mass is 294 g/mol. The molecule has 3 rings (SSSR count). The molecule has 0 amide bonds. The van der Waals surface area contributed by atoms with Gasteiger partial charge in [-0.2, -0.15) is 5.26 Å². The molecule has 6 nitrogen and oxygen atoms in total. The molecule has 3 heterocycles. The van der Waals surface area contributed by atoms with E-state index in [-0.39, 0.29) is 0 Å². The fraction of sp³-hybridized carbons (Fsp3) is 0.375. The van der Waals surface area contributed by atoms with Crippen molar-refractivity contribution in [1.82, 2.24) is 19.9 Å². The van der Waals surface area contributed by atoms with Gasteiger partial charge in [0.25, 0.3) is 0 Å². The van der Waals surface area contributed by atoms with E-state index in [1.54, 1.807) is 24.7 Å². The van der Waals surface area contributed by atoms with Crippen LogP contribution in [0.5, 0.6) is 0 Å². The van der Waals surface area contributed by atoms with Crippen molar-refractivity contribution < 1.29 is 0 Å². The van der Waals surface area contributed by atoms with Crippen molar-refractivity contribution in [2.24, 2.45) is 0 Å². The number of hydrogen-bond donors (Lipinski definition) is 0. The lowest BCUT2D eigenvalue weighted by Crippen LogP contribution is -2.34. The number of anilines is 1. The average molecular weight is 294 g/mol. The number of aromatic nitrogens is 3. The second-order valence-corrected chi connectivity index (χ2v) is 5.48. The van der Waals surface area contributed by atoms with E-state index in [0.29, 0.717) is 11.7 Å². The molecule has 0 saturated carbocycles. The van der Waals surface area contributed by atoms with E-state index in [2.05, 4.69) is 31.8 Å². The van der Waals surface area contributed by atoms with E-state index in [4.69, 9.17) is 5.26 Å². The summed E-state index contributed by atoms with van der Waals surface area (Å²) in [5.41, 5.74) is 1.53. The van der Waals surface area contributed by atoms with Gasteiger partial charge in [0.1, 0.15) is 17.6 Å². The molecule has 0 aromatic carbocycles. The summed E-state index contributed by atoms with van der Waals surface area (Å²) in [6.07, 6.45) is 6.43. The van der Waals surface area contributed by atoms with E-state index in [0.717, 1.165) is 37.6 Å². The van der Waals surface area contributed by atoms with Gasteiger partial charge in [-0.15, -0.1) is 0 Å². The molecular formula is C16H18N6. The molecule has 2 aromatic rings. The van der Waals surface area contributed by atoms with Gasteiger partial charge in [-0.05, 0) is 31.7 Å². The summed E-state index contributed by atoms with van der Waals surface area (Å²) >= 11 is 0. The first-order valence-electron chi connectivity index (χ1n) is 7.33. The highest BCUT2D eigenvalue weighted by Gasteiger charge is 2.26. The predicted molar refractivity (Wildman–Crippen MR) is 83.1 cm³/mol. The highest BCUT2D eigenvalue weighted by atomic mass is 15.3. The Hall–Kier alpha value is -2.52. The Kier molecular flexibility index (Phi) is 4.26. The summed E-state index contributed by atoms with van der Waals surface area (Å²) < 4.78 is 0. The molecule has 22 heavy (non-hydrogen) atoms. The summed E-state index contributed by atoms with van der Waals surface area (Å²) in [5, 5.41) is 8.80. The summed E-state index contributed by atoms with van der Waals surface area (Å²) in [6.45, 7) is 2.71. The van der Waals surface area contributed by atoms with Crippen LogP contribution in [0.4, 0.5) is 5.69 Å². The smallest absolute Gasteiger partial charge is 0.142 e. The van der Waals surface area contributed by atoms with Crippen LogP contribution in [-0.4, -0.2) is 46.0 Å². The van der Waals surface area contributed by atoms with Crippen LogP contribution in [-0.2, 0) is 6.54 Å². The van der Waals surface area contributed by atoms with Crippen LogP contribution in [0.1, 0.15) is 17.9 Å². The van der Waals surface area contributed by atoms with Crippen molar-refractivity contribution in [3.63, 3.8) is 0 Å². The molecule has 1 fully saturated rings. The van der Waals surface area contributed by atoms with Crippen LogP contribution < -0.4 is 4.90 Å². The van der Waals surface area contributed by atoms with Crippen molar-refractivity contribution in [3.8, 4) is 6.07 Å². The summed E-state index contributed by atoms with van der Waals surface area (Å²) in [6, 6.07) is 8.09. The number of nitrogens with zero attached hydrogens (tertiary/aromatic N) is 6. The first kappa shape index (κ1) is 14.4. The van der Waals surface area contributed by atoms with Gasteiger partial charge in [0, 0.05) is 31.5 Å². The Morgan fingerprint density at radius 1 is 1.32 bits per heavy atom. The summed E-state index contributed by atoms with van der Waals surface area (Å²) in [4.78, 5) is 17.3. The SMILES string of the molecule is CN(Cc1ncccn1)[C@@H]1CCN(c2ccc(C#N)nc2)C1. The van der Waals surface area contributed by atoms with Crippen LogP contribution in [0.2, 0.25) is 0 Å². The molecular weight excluding hydrogens is 276 g/mol. The van der Waals surface area contributed by atoms with Crippen molar-refractivity contribution in [3.05, 3.63) is 48.3 Å². The van der Waals surface area contributed by atoms with E-state index in [1.807, 2.05) is 18.2 Å². The van der Waals surface area contributed by atoms with E-state index >= 15 is 0 Å². The zero-order valence-electron chi connectivity index (χ0n) is 12.6. The largest absolute Gasteiger partial charge is 0.369 e. The van der Waals surface area contributed by atoms with Crippen molar-refractivity contribution in [1.29, 1.82) is 5.26 Å². The summed E-state index contributed by atoms with van der Waals surface area (Å²) in [5.74, 6) is 0.850. The minimum absolute atomic E-state index is 0.456. The molecule has 6 heteroatoms. The summed E-state index contributed by atoms with van der Waals surface area (Å²) in [7, 11) is 2.11. The molecule has 0 spiro atoms. The Balaban J connectivity index is 1.60. The van der Waals surface area contributed by atoms with Crippen molar-refractivity contribution in [2.75, 3.05) is 25.0 Å². The molecule has 2 aromatic heterocycles. The Bertz CT molecular complexity index is 649. The van der Waals surface area contributed by atoms with Gasteiger partial charge < -0.3 is 4.90 Å². The second kappa shape index (κ2) is 6.50. The van der Waals surface area contributed by atoms with Crippen LogP contribution in [0.15, 0.2) is 36.8 Å². The average Bonchev–Trinajstić information content (AvgIpc) is 3.06. The normalized spacial score (nSPS) is 17.7. The molecule has 0 N–H and O–H groups in total. The van der Waals surface area contributed by atoms with Crippen molar-refractivity contribution in [2.45, 2.75) is 19.0 Å². The van der Waals surface area contributed by atoms with Crippen LogP contribution in [0.3, 0.4) is 0 Å². The first-order chi connectivity index (χ1) is 10.8. The van der Waals surface area contributed by atoms with Gasteiger partial charge in [0.05, 0.1) is 18.4 Å². The van der Waals surface area contributed by atoms with Gasteiger partial charge >= 0.3 is 0 Å². The molecule has 1 atom stereocenters. The number of rotatable bonds is 4. The number of hydrogen-bond acceptors (Lipinski definition) is 6. The third-order valence-electron chi connectivity index (χ3n) is 4.02. The molecule has 1 saturated heterocycles. The molecule has 0 radical (unpaired) electrons. The lowest BCUT2D eigenvalue weighted by molar-refractivity contribution is 0.244. The van der Waals surface area contributed by atoms with E-state index < -0.39 is 0 Å². The number of nitriles is 1.